The van der Waals surface area contributed by atoms with Gasteiger partial charge in [0.05, 0.1) is 15.7 Å². The van der Waals surface area contributed by atoms with Crippen molar-refractivity contribution in [3.63, 3.8) is 0 Å². The van der Waals surface area contributed by atoms with Crippen LogP contribution < -0.4 is 0 Å². The summed E-state index contributed by atoms with van der Waals surface area (Å²) in [7, 11) is 0. The molecule has 1 aromatic carbocycles. The van der Waals surface area contributed by atoms with Gasteiger partial charge in [0.25, 0.3) is 0 Å². The highest BCUT2D eigenvalue weighted by molar-refractivity contribution is 6.42. The maximum atomic E-state index is 9.94. The van der Waals surface area contributed by atoms with Crippen molar-refractivity contribution >= 4 is 23.2 Å². The molecule has 1 aromatic heterocycles. The number of aromatic nitrogens is 2. The molecule has 108 valence electrons. The second-order valence-electron chi connectivity index (χ2n) is 5.03. The normalized spacial score (nSPS) is 10.7. The van der Waals surface area contributed by atoms with E-state index in [0.29, 0.717) is 39.5 Å². The van der Waals surface area contributed by atoms with Gasteiger partial charge in [0.1, 0.15) is 17.5 Å². The fraction of sp³-hybridized carbons (Fsp3) is 0.267. The molecule has 0 spiro atoms. The Labute approximate surface area is 133 Å². The Morgan fingerprint density at radius 3 is 2.52 bits per heavy atom. The van der Waals surface area contributed by atoms with Gasteiger partial charge in [-0.1, -0.05) is 43.1 Å². The molecule has 0 fully saturated rings. The summed E-state index contributed by atoms with van der Waals surface area (Å²) in [6.45, 7) is 4.05. The van der Waals surface area contributed by atoms with Gasteiger partial charge >= 0.3 is 0 Å². The van der Waals surface area contributed by atoms with Gasteiger partial charge in [-0.25, -0.2) is 4.98 Å². The second kappa shape index (κ2) is 6.30. The minimum absolute atomic E-state index is 0.0286. The highest BCUT2D eigenvalue weighted by atomic mass is 35.5. The Bertz CT molecular complexity index is 724. The molecule has 1 N–H and O–H groups in total. The summed E-state index contributed by atoms with van der Waals surface area (Å²) in [6, 6.07) is 6.87. The predicted octanol–water partition coefficient (Wildman–Crippen LogP) is 4.23. The molecule has 21 heavy (non-hydrogen) atoms. The van der Waals surface area contributed by atoms with Crippen molar-refractivity contribution < 1.29 is 5.11 Å². The molecule has 0 aliphatic heterocycles. The van der Waals surface area contributed by atoms with Gasteiger partial charge in [-0.2, -0.15) is 10.2 Å². The Morgan fingerprint density at radius 1 is 1.24 bits per heavy atom. The Morgan fingerprint density at radius 2 is 1.95 bits per heavy atom. The number of aromatic hydroxyl groups is 1. The first kappa shape index (κ1) is 15.6. The molecule has 0 amide bonds. The fourth-order valence-corrected chi connectivity index (χ4v) is 2.20. The van der Waals surface area contributed by atoms with Crippen LogP contribution in [0, 0.1) is 17.2 Å². The lowest BCUT2D eigenvalue weighted by Crippen LogP contribution is -2.04. The quantitative estimate of drug-likeness (QED) is 0.918. The summed E-state index contributed by atoms with van der Waals surface area (Å²) in [6.07, 6.45) is 0.605. The van der Waals surface area contributed by atoms with Gasteiger partial charge < -0.3 is 5.11 Å². The lowest BCUT2D eigenvalue weighted by atomic mass is 10.1. The van der Waals surface area contributed by atoms with Gasteiger partial charge in [-0.15, -0.1) is 0 Å². The van der Waals surface area contributed by atoms with Crippen LogP contribution in [0.1, 0.15) is 25.2 Å². The first-order valence-electron chi connectivity index (χ1n) is 6.37. The zero-order valence-corrected chi connectivity index (χ0v) is 13.1. The SMILES string of the molecule is CC(C)Cc1nc(O)c(C#N)c(-c2ccc(Cl)c(Cl)c2)n1. The van der Waals surface area contributed by atoms with Crippen molar-refractivity contribution in [3.8, 4) is 23.2 Å². The average Bonchev–Trinajstić information content (AvgIpc) is 2.40. The number of nitrogens with zero attached hydrogens (tertiary/aromatic N) is 3. The van der Waals surface area contributed by atoms with Gasteiger partial charge in [0.15, 0.2) is 0 Å². The van der Waals surface area contributed by atoms with E-state index in [4.69, 9.17) is 23.2 Å². The first-order chi connectivity index (χ1) is 9.92. The third kappa shape index (κ3) is 3.44. The van der Waals surface area contributed by atoms with Crippen LogP contribution in [0.2, 0.25) is 10.0 Å². The molecule has 0 atom stereocenters. The predicted molar refractivity (Wildman–Crippen MR) is 82.4 cm³/mol. The third-order valence-corrected chi connectivity index (χ3v) is 3.57. The Hall–Kier alpha value is -1.83. The first-order valence-corrected chi connectivity index (χ1v) is 7.13. The van der Waals surface area contributed by atoms with Crippen molar-refractivity contribution in [1.82, 2.24) is 9.97 Å². The van der Waals surface area contributed by atoms with E-state index in [-0.39, 0.29) is 11.4 Å². The largest absolute Gasteiger partial charge is 0.492 e. The van der Waals surface area contributed by atoms with Crippen LogP contribution in [0.15, 0.2) is 18.2 Å². The van der Waals surface area contributed by atoms with E-state index in [1.165, 1.54) is 0 Å². The van der Waals surface area contributed by atoms with Gasteiger partial charge in [-0.05, 0) is 18.1 Å². The number of hydrogen-bond donors (Lipinski definition) is 1. The van der Waals surface area contributed by atoms with E-state index >= 15 is 0 Å². The minimum Gasteiger partial charge on any atom is -0.492 e. The van der Waals surface area contributed by atoms with Crippen molar-refractivity contribution in [3.05, 3.63) is 39.6 Å². The lowest BCUT2D eigenvalue weighted by molar-refractivity contribution is 0.445. The van der Waals surface area contributed by atoms with Gasteiger partial charge in [-0.3, -0.25) is 0 Å². The standard InChI is InChI=1S/C15H13Cl2N3O/c1-8(2)5-13-19-14(10(7-18)15(21)20-13)9-3-4-11(16)12(17)6-9/h3-4,6,8H,5H2,1-2H3,(H,19,20,21). The molecule has 0 aliphatic carbocycles. The highest BCUT2D eigenvalue weighted by Crippen LogP contribution is 2.31. The molecule has 0 saturated carbocycles. The molecule has 1 heterocycles. The molecule has 2 aromatic rings. The van der Waals surface area contributed by atoms with E-state index in [1.807, 2.05) is 19.9 Å². The van der Waals surface area contributed by atoms with E-state index < -0.39 is 0 Å². The van der Waals surface area contributed by atoms with E-state index in [9.17, 15) is 10.4 Å². The average molecular weight is 322 g/mol. The van der Waals surface area contributed by atoms with Crippen molar-refractivity contribution in [2.24, 2.45) is 5.92 Å². The zero-order chi connectivity index (χ0) is 15.6. The van der Waals surface area contributed by atoms with Crippen LogP contribution in [0.5, 0.6) is 5.88 Å². The second-order valence-corrected chi connectivity index (χ2v) is 5.84. The summed E-state index contributed by atoms with van der Waals surface area (Å²) in [5, 5.41) is 19.9. The van der Waals surface area contributed by atoms with Crippen LogP contribution in [0.25, 0.3) is 11.3 Å². The number of nitriles is 1. The number of benzene rings is 1. The van der Waals surface area contributed by atoms with Crippen LogP contribution in [-0.4, -0.2) is 15.1 Å². The van der Waals surface area contributed by atoms with Crippen LogP contribution in [0.4, 0.5) is 0 Å². The topological polar surface area (TPSA) is 69.8 Å². The molecule has 2 rings (SSSR count). The van der Waals surface area contributed by atoms with E-state index in [2.05, 4.69) is 9.97 Å². The van der Waals surface area contributed by atoms with Crippen LogP contribution in [-0.2, 0) is 6.42 Å². The smallest absolute Gasteiger partial charge is 0.233 e. The molecular weight excluding hydrogens is 309 g/mol. The lowest BCUT2D eigenvalue weighted by Gasteiger charge is -2.10. The molecule has 0 saturated heterocycles. The van der Waals surface area contributed by atoms with E-state index in [1.54, 1.807) is 18.2 Å². The van der Waals surface area contributed by atoms with Gasteiger partial charge in [0.2, 0.25) is 5.88 Å². The van der Waals surface area contributed by atoms with Crippen molar-refractivity contribution in [1.29, 1.82) is 5.26 Å². The van der Waals surface area contributed by atoms with Crippen LogP contribution >= 0.6 is 23.2 Å². The summed E-state index contributed by atoms with van der Waals surface area (Å²) in [5.74, 6) is 0.505. The summed E-state index contributed by atoms with van der Waals surface area (Å²) in [5.41, 5.74) is 1.00. The number of rotatable bonds is 3. The van der Waals surface area contributed by atoms with E-state index in [0.717, 1.165) is 0 Å². The van der Waals surface area contributed by atoms with Crippen molar-refractivity contribution in [2.75, 3.05) is 0 Å². The maximum Gasteiger partial charge on any atom is 0.233 e. The zero-order valence-electron chi connectivity index (χ0n) is 11.6. The molecule has 4 nitrogen and oxygen atoms in total. The summed E-state index contributed by atoms with van der Waals surface area (Å²) < 4.78 is 0. The summed E-state index contributed by atoms with van der Waals surface area (Å²) >= 11 is 11.9. The fourth-order valence-electron chi connectivity index (χ4n) is 1.91. The van der Waals surface area contributed by atoms with Crippen LogP contribution in [0.3, 0.4) is 0 Å². The highest BCUT2D eigenvalue weighted by Gasteiger charge is 2.16. The Kier molecular flexibility index (Phi) is 4.66. The monoisotopic (exact) mass is 321 g/mol. The third-order valence-electron chi connectivity index (χ3n) is 2.83. The Balaban J connectivity index is 2.62. The van der Waals surface area contributed by atoms with Gasteiger partial charge in [0, 0.05) is 12.0 Å². The van der Waals surface area contributed by atoms with Crippen molar-refractivity contribution in [2.45, 2.75) is 20.3 Å². The number of halogens is 2. The molecule has 0 unspecified atom stereocenters. The molecule has 0 bridgehead atoms. The molecule has 0 radical (unpaired) electrons. The summed E-state index contributed by atoms with van der Waals surface area (Å²) in [4.78, 5) is 8.36. The minimum atomic E-state index is -0.316. The maximum absolute atomic E-state index is 9.94. The molecule has 6 heteroatoms. The number of hydrogen-bond acceptors (Lipinski definition) is 4. The molecule has 0 aliphatic rings. The molecular formula is C15H13Cl2N3O.